The summed E-state index contributed by atoms with van der Waals surface area (Å²) < 4.78 is 83.7. The molecule has 0 saturated heterocycles. The lowest BCUT2D eigenvalue weighted by Crippen LogP contribution is -2.02. The van der Waals surface area contributed by atoms with Crippen LogP contribution in [0.25, 0.3) is 0 Å². The van der Waals surface area contributed by atoms with Crippen molar-refractivity contribution in [2.45, 2.75) is 190 Å². The van der Waals surface area contributed by atoms with Crippen LogP contribution in [-0.4, -0.2) is 61.9 Å². The van der Waals surface area contributed by atoms with Crippen LogP contribution in [0.2, 0.25) is 0 Å². The van der Waals surface area contributed by atoms with Crippen molar-refractivity contribution < 1.29 is 51.1 Å². The fourth-order valence-electron chi connectivity index (χ4n) is 12.7. The average molecular weight is 1870 g/mol. The van der Waals surface area contributed by atoms with Crippen molar-refractivity contribution in [3.05, 3.63) is 419 Å². The molecule has 0 bridgehead atoms. The number of hydrogen-bond donors (Lipinski definition) is 0. The fraction of sp³-hybridized carbons (Fsp3) is 0.259. The van der Waals surface area contributed by atoms with Crippen LogP contribution in [0.3, 0.4) is 0 Å². The molecule has 20 nitrogen and oxygen atoms in total. The molecule has 0 atom stereocenters. The van der Waals surface area contributed by atoms with Crippen molar-refractivity contribution in [1.29, 1.82) is 5.26 Å². The van der Waals surface area contributed by atoms with E-state index in [1.54, 1.807) is 62.0 Å². The van der Waals surface area contributed by atoms with E-state index in [2.05, 4.69) is 203 Å². The van der Waals surface area contributed by atoms with E-state index >= 15 is 0 Å². The molecular weight excluding hydrogens is 1750 g/mol. The SMILES string of the molecule is CC(C)c1cccc(Cc2ccccc2)c1.CC(C)c1cccc(Oc2ccccc2)c1.CC(C)c1cccc(Oc2ccccn2)c1.CC(C)c1cncc(Oc2cccc(F)c2)n1.CC(C)c1nc(C#N)cc(Oc2cccc(F)c2)n1.CC(C)c1nc(Oc2cccc(F)c2)cc(C2CC2)n1.COc1cc(Oc2ccccc2)nc(C(C)C)n1.Cc1cc(Oc2ccccc2)nc(C(C)C)n1. The van der Waals surface area contributed by atoms with Gasteiger partial charge in [0.25, 0.3) is 0 Å². The summed E-state index contributed by atoms with van der Waals surface area (Å²) in [6.07, 6.45) is 8.31. The van der Waals surface area contributed by atoms with Gasteiger partial charge in [0.05, 0.1) is 30.8 Å². The molecule has 1 aliphatic carbocycles. The molecule has 23 heteroatoms. The highest BCUT2D eigenvalue weighted by molar-refractivity contribution is 5.40. The standard InChI is InChI=1S/C16H17FN2O.C16H18.C15H16O.C14H12FN3O.C14H16N2O2.C14H16N2O.C14H15NO.C13H13FN2O/c1-10(2)16-18-14(11-6-7-11)9-15(19-16)20-13-5-3-4-12(17)8-13;1-13(2)16-10-6-9-15(12-16)11-14-7-4-3-5-8-14;1-12(2)13-7-6-10-15(11-13)16-14-8-4-3-5-9-14;1-9(2)14-17-11(8-16)7-13(18-14)19-12-5-3-4-10(15)6-12;1-10(2)14-15-12(17-3)9-13(16-14)18-11-7-5-4-6-8-11;1-10(2)14-15-11(3)9-13(16-14)17-12-7-5-4-6-8-12;1-11(2)12-6-5-7-13(10-12)16-14-8-3-4-9-15-14;1-9(2)12-7-15-8-13(16-12)17-11-5-3-4-10(14)6-11/h3-5,8-11H,6-7H2,1-2H3;3-10,12-13H,11H2,1-2H3;3-12H,1-2H3;3-7,9H,1-2H3;4-10H,1-3H3;4-10H,1-3H3;3-11H,1-2H3;3-9H,1-2H3. The highest BCUT2D eigenvalue weighted by Crippen LogP contribution is 2.41. The van der Waals surface area contributed by atoms with Gasteiger partial charge in [-0.3, -0.25) is 4.98 Å². The van der Waals surface area contributed by atoms with Crippen LogP contribution in [0.15, 0.2) is 328 Å². The first-order chi connectivity index (χ1) is 66.9. The Labute approximate surface area is 816 Å². The maximum Gasteiger partial charge on any atom is 0.238 e. The van der Waals surface area contributed by atoms with E-state index in [0.717, 1.165) is 63.9 Å². The zero-order valence-corrected chi connectivity index (χ0v) is 82.3. The number of aromatic nitrogens is 11. The summed E-state index contributed by atoms with van der Waals surface area (Å²) in [7, 11) is 1.58. The fourth-order valence-corrected chi connectivity index (χ4v) is 12.7. The van der Waals surface area contributed by atoms with Crippen LogP contribution >= 0.6 is 0 Å². The molecule has 0 aliphatic heterocycles. The maximum absolute atomic E-state index is 13.2. The summed E-state index contributed by atoms with van der Waals surface area (Å²) in [5.41, 5.74) is 9.81. The number of para-hydroxylation sites is 3. The minimum absolute atomic E-state index is 0.0724. The van der Waals surface area contributed by atoms with E-state index in [1.807, 2.05) is 200 Å². The molecular formula is C116H123F3N12O8. The van der Waals surface area contributed by atoms with E-state index in [1.165, 1.54) is 89.3 Å². The van der Waals surface area contributed by atoms with Crippen LogP contribution in [0.1, 0.15) is 251 Å². The number of nitrogens with zero attached hydrogens (tertiary/aromatic N) is 12. The number of hydrogen-bond acceptors (Lipinski definition) is 20. The number of ether oxygens (including phenoxy) is 8. The van der Waals surface area contributed by atoms with Crippen molar-refractivity contribution in [2.75, 3.05) is 7.11 Å². The quantitative estimate of drug-likeness (QED) is 0.0489. The Bertz CT molecular complexity index is 6230. The Kier molecular flexibility index (Phi) is 41.6. The molecule has 0 unspecified atom stereocenters. The third kappa shape index (κ3) is 37.6. The Morgan fingerprint density at radius 3 is 1.12 bits per heavy atom. The highest BCUT2D eigenvalue weighted by atomic mass is 19.1. The van der Waals surface area contributed by atoms with Gasteiger partial charge in [0.15, 0.2) is 0 Å². The lowest BCUT2D eigenvalue weighted by atomic mass is 9.98. The van der Waals surface area contributed by atoms with Crippen molar-refractivity contribution in [2.24, 2.45) is 0 Å². The Balaban J connectivity index is 0.000000164. The first kappa shape index (κ1) is 105. The van der Waals surface area contributed by atoms with Crippen LogP contribution in [0.4, 0.5) is 13.2 Å². The van der Waals surface area contributed by atoms with E-state index in [9.17, 15) is 13.2 Å². The summed E-state index contributed by atoms with van der Waals surface area (Å²) in [5.74, 6) is 13.8. The summed E-state index contributed by atoms with van der Waals surface area (Å²) in [6, 6.07) is 97.1. The van der Waals surface area contributed by atoms with Crippen LogP contribution < -0.4 is 37.9 Å². The molecule has 17 rings (SSSR count). The summed E-state index contributed by atoms with van der Waals surface area (Å²) in [5, 5.41) is 8.92. The van der Waals surface area contributed by atoms with Gasteiger partial charge in [-0.05, 0) is 181 Å². The largest absolute Gasteiger partial charge is 0.481 e. The molecule has 10 aromatic carbocycles. The Morgan fingerprint density at radius 1 is 0.302 bits per heavy atom. The van der Waals surface area contributed by atoms with Crippen LogP contribution in [0, 0.1) is 35.7 Å². The first-order valence-corrected chi connectivity index (χ1v) is 46.6. The molecule has 0 N–H and O–H groups in total. The van der Waals surface area contributed by atoms with Crippen molar-refractivity contribution in [3.8, 4) is 93.2 Å². The summed E-state index contributed by atoms with van der Waals surface area (Å²) >= 11 is 0. The Hall–Kier alpha value is -15.6. The number of nitriles is 1. The molecule has 716 valence electrons. The molecule has 139 heavy (non-hydrogen) atoms. The number of methoxy groups -OCH3 is 1. The second-order valence-corrected chi connectivity index (χ2v) is 34.9. The van der Waals surface area contributed by atoms with Gasteiger partial charge >= 0.3 is 0 Å². The number of pyridine rings is 1. The zero-order chi connectivity index (χ0) is 99.5. The molecule has 6 aromatic heterocycles. The zero-order valence-electron chi connectivity index (χ0n) is 82.3. The van der Waals surface area contributed by atoms with E-state index < -0.39 is 5.82 Å². The predicted molar refractivity (Wildman–Crippen MR) is 543 cm³/mol. The lowest BCUT2D eigenvalue weighted by molar-refractivity contribution is 0.383. The second-order valence-electron chi connectivity index (χ2n) is 34.9. The number of rotatable bonds is 26. The predicted octanol–water partition coefficient (Wildman–Crippen LogP) is 31.4. The Morgan fingerprint density at radius 2 is 0.669 bits per heavy atom. The molecule has 1 aliphatic rings. The minimum Gasteiger partial charge on any atom is -0.481 e. The summed E-state index contributed by atoms with van der Waals surface area (Å²) in [6.45, 7) is 35.3. The number of benzene rings is 10. The first-order valence-electron chi connectivity index (χ1n) is 46.6. The molecule has 0 spiro atoms. The highest BCUT2D eigenvalue weighted by Gasteiger charge is 2.27. The van der Waals surface area contributed by atoms with Gasteiger partial charge in [0, 0.05) is 90.1 Å². The monoisotopic (exact) mass is 1870 g/mol. The van der Waals surface area contributed by atoms with Crippen LogP contribution in [-0.2, 0) is 6.42 Å². The average Bonchev–Trinajstić information content (AvgIpc) is 1.69. The van der Waals surface area contributed by atoms with Gasteiger partial charge < -0.3 is 37.9 Å². The maximum atomic E-state index is 13.2. The smallest absolute Gasteiger partial charge is 0.238 e. The lowest BCUT2D eigenvalue weighted by Gasteiger charge is -2.10. The van der Waals surface area contributed by atoms with Crippen molar-refractivity contribution in [1.82, 2.24) is 54.8 Å². The molecule has 6 heterocycles. The molecule has 0 radical (unpaired) electrons. The second kappa shape index (κ2) is 54.8. The van der Waals surface area contributed by atoms with E-state index in [0.29, 0.717) is 93.8 Å². The normalized spacial score (nSPS) is 11.1. The molecule has 0 amide bonds. The van der Waals surface area contributed by atoms with E-state index in [4.69, 9.17) is 43.2 Å². The third-order valence-corrected chi connectivity index (χ3v) is 20.4. The minimum atomic E-state index is -0.392. The third-order valence-electron chi connectivity index (χ3n) is 20.4. The van der Waals surface area contributed by atoms with E-state index in [-0.39, 0.29) is 46.9 Å². The van der Waals surface area contributed by atoms with Gasteiger partial charge in [-0.2, -0.15) is 30.2 Å². The summed E-state index contributed by atoms with van der Waals surface area (Å²) in [4.78, 5) is 47.2. The van der Waals surface area contributed by atoms with Crippen molar-refractivity contribution in [3.63, 3.8) is 0 Å². The topological polar surface area (TPSA) is 239 Å². The van der Waals surface area contributed by atoms with Gasteiger partial charge in [-0.1, -0.05) is 269 Å². The van der Waals surface area contributed by atoms with Gasteiger partial charge in [-0.15, -0.1) is 0 Å². The van der Waals surface area contributed by atoms with Gasteiger partial charge in [-0.25, -0.2) is 38.1 Å². The van der Waals surface area contributed by atoms with Crippen molar-refractivity contribution >= 4 is 0 Å². The number of halogens is 3. The number of aryl methyl sites for hydroxylation is 1. The van der Waals surface area contributed by atoms with Gasteiger partial charge in [0.2, 0.25) is 41.2 Å². The molecule has 1 fully saturated rings. The molecule has 16 aromatic rings. The van der Waals surface area contributed by atoms with Crippen LogP contribution in [0.5, 0.6) is 87.2 Å². The molecule has 1 saturated carbocycles. The van der Waals surface area contributed by atoms with Gasteiger partial charge in [0.1, 0.15) is 98.5 Å².